The molecule has 0 aliphatic carbocycles. The molecule has 0 radical (unpaired) electrons. The number of H-pyrrole nitrogens is 1. The van der Waals surface area contributed by atoms with Gasteiger partial charge in [-0.15, -0.1) is 11.3 Å². The van der Waals surface area contributed by atoms with Crippen molar-refractivity contribution in [2.45, 2.75) is 12.6 Å². The Morgan fingerprint density at radius 1 is 1.26 bits per heavy atom. The first kappa shape index (κ1) is 20.6. The number of nitrogens with zero attached hydrogens (tertiary/aromatic N) is 2. The molecule has 0 spiro atoms. The summed E-state index contributed by atoms with van der Waals surface area (Å²) in [6.07, 6.45) is 0. The van der Waals surface area contributed by atoms with E-state index in [0.29, 0.717) is 29.7 Å². The summed E-state index contributed by atoms with van der Waals surface area (Å²) in [6, 6.07) is 1.43. The Hall–Kier alpha value is -2.30. The number of aromatic amines is 1. The Bertz CT molecular complexity index is 1250. The number of pyridine rings is 1. The molecule has 1 amide bonds. The molecule has 0 saturated carbocycles. The van der Waals surface area contributed by atoms with Crippen molar-refractivity contribution in [3.63, 3.8) is 0 Å². The molecule has 6 nitrogen and oxygen atoms in total. The van der Waals surface area contributed by atoms with Gasteiger partial charge in [-0.2, -0.15) is 0 Å². The number of thiophene rings is 1. The third kappa shape index (κ3) is 3.37. The molecule has 0 bridgehead atoms. The highest BCUT2D eigenvalue weighted by atomic mass is 79.9. The number of nitrogens with one attached hydrogen (secondary N) is 1. The first-order valence-electron chi connectivity index (χ1n) is 9.70. The average molecular weight is 510 g/mol. The highest BCUT2D eigenvalue weighted by Gasteiger charge is 2.39. The van der Waals surface area contributed by atoms with Crippen molar-refractivity contribution in [3.05, 3.63) is 60.6 Å². The van der Waals surface area contributed by atoms with Gasteiger partial charge in [-0.25, -0.2) is 8.78 Å². The fourth-order valence-electron chi connectivity index (χ4n) is 4.32. The Kier molecular flexibility index (Phi) is 5.10. The maximum atomic E-state index is 14.0. The van der Waals surface area contributed by atoms with Crippen LogP contribution in [0, 0.1) is 17.6 Å². The van der Waals surface area contributed by atoms with Crippen molar-refractivity contribution in [1.29, 1.82) is 0 Å². The highest BCUT2D eigenvalue weighted by molar-refractivity contribution is 9.10. The van der Waals surface area contributed by atoms with Crippen molar-refractivity contribution in [3.8, 4) is 0 Å². The molecule has 2 aliphatic rings. The summed E-state index contributed by atoms with van der Waals surface area (Å²) < 4.78 is 34.4. The Labute approximate surface area is 188 Å². The number of likely N-dealkylation sites (N-methyl/N-ethyl adjacent to an activating group) is 1. The second kappa shape index (κ2) is 7.68. The van der Waals surface area contributed by atoms with E-state index in [0.717, 1.165) is 22.3 Å². The molecule has 31 heavy (non-hydrogen) atoms. The summed E-state index contributed by atoms with van der Waals surface area (Å²) in [5.41, 5.74) is 1.65. The number of carbonyl (C=O) groups is 1. The van der Waals surface area contributed by atoms with Crippen LogP contribution in [0.3, 0.4) is 0 Å². The van der Waals surface area contributed by atoms with E-state index in [1.165, 1.54) is 0 Å². The number of aromatic nitrogens is 1. The van der Waals surface area contributed by atoms with E-state index in [1.807, 2.05) is 10.8 Å². The van der Waals surface area contributed by atoms with E-state index in [2.05, 4.69) is 25.8 Å². The van der Waals surface area contributed by atoms with E-state index in [1.54, 1.807) is 23.3 Å². The Morgan fingerprint density at radius 3 is 2.65 bits per heavy atom. The summed E-state index contributed by atoms with van der Waals surface area (Å²) >= 11 is 5.11. The number of carbonyl (C=O) groups excluding carboxylic acids is 1. The summed E-state index contributed by atoms with van der Waals surface area (Å²) in [7, 11) is 1.69. The van der Waals surface area contributed by atoms with E-state index in [4.69, 9.17) is 4.74 Å². The first-order valence-corrected chi connectivity index (χ1v) is 11.4. The van der Waals surface area contributed by atoms with Gasteiger partial charge in [-0.1, -0.05) is 0 Å². The smallest absolute Gasteiger partial charge is 0.256 e. The quantitative estimate of drug-likeness (QED) is 0.583. The molecule has 1 atom stereocenters. The lowest BCUT2D eigenvalue weighted by Gasteiger charge is -2.43. The van der Waals surface area contributed by atoms with Gasteiger partial charge in [0.15, 0.2) is 11.6 Å². The molecule has 162 valence electrons. The molecule has 3 aromatic rings. The molecule has 2 aliphatic heterocycles. The molecule has 5 rings (SSSR count). The van der Waals surface area contributed by atoms with E-state index in [9.17, 15) is 18.4 Å². The minimum absolute atomic E-state index is 0.0500. The summed E-state index contributed by atoms with van der Waals surface area (Å²) in [5, 5.41) is 4.40. The molecule has 2 aromatic heterocycles. The van der Waals surface area contributed by atoms with Crippen LogP contribution in [0.15, 0.2) is 32.2 Å². The van der Waals surface area contributed by atoms with Crippen LogP contribution in [0.5, 0.6) is 0 Å². The van der Waals surface area contributed by atoms with Crippen LogP contribution in [-0.4, -0.2) is 42.5 Å². The fourth-order valence-corrected chi connectivity index (χ4v) is 5.87. The lowest BCUT2D eigenvalue weighted by atomic mass is 9.93. The molecule has 1 N–H and O–H groups in total. The van der Waals surface area contributed by atoms with Crippen LogP contribution in [0.1, 0.15) is 17.3 Å². The molecular weight excluding hydrogens is 492 g/mol. The zero-order valence-corrected chi connectivity index (χ0v) is 18.9. The van der Waals surface area contributed by atoms with Crippen molar-refractivity contribution < 1.29 is 18.3 Å². The van der Waals surface area contributed by atoms with Gasteiger partial charge < -0.3 is 19.5 Å². The number of rotatable bonds is 3. The lowest BCUT2D eigenvalue weighted by molar-refractivity contribution is -0.139. The average Bonchev–Trinajstić information content (AvgIpc) is 3.13. The molecular formula is C21H18BrF2N3O3S. The number of anilines is 1. The van der Waals surface area contributed by atoms with Gasteiger partial charge in [0.2, 0.25) is 5.91 Å². The molecule has 4 heterocycles. The normalized spacial score (nSPS) is 18.7. The molecule has 1 fully saturated rings. The third-order valence-electron chi connectivity index (χ3n) is 6.02. The Morgan fingerprint density at radius 2 is 1.97 bits per heavy atom. The van der Waals surface area contributed by atoms with Gasteiger partial charge in [-0.3, -0.25) is 9.59 Å². The van der Waals surface area contributed by atoms with Crippen LogP contribution in [0.25, 0.3) is 10.8 Å². The number of amides is 1. The van der Waals surface area contributed by atoms with Gasteiger partial charge in [0.25, 0.3) is 5.56 Å². The van der Waals surface area contributed by atoms with Gasteiger partial charge in [-0.05, 0) is 33.4 Å². The molecule has 0 unspecified atom stereocenters. The lowest BCUT2D eigenvalue weighted by Crippen LogP contribution is -2.55. The number of fused-ring (bicyclic) bond motifs is 3. The number of hydrogen-bond acceptors (Lipinski definition) is 5. The third-order valence-corrected chi connectivity index (χ3v) is 7.69. The van der Waals surface area contributed by atoms with E-state index >= 15 is 0 Å². The van der Waals surface area contributed by atoms with Crippen molar-refractivity contribution in [2.75, 3.05) is 31.6 Å². The van der Waals surface area contributed by atoms with Gasteiger partial charge in [0.05, 0.1) is 40.7 Å². The molecule has 1 saturated heterocycles. The van der Waals surface area contributed by atoms with Crippen LogP contribution in [0.2, 0.25) is 0 Å². The van der Waals surface area contributed by atoms with Crippen LogP contribution >= 0.6 is 27.3 Å². The van der Waals surface area contributed by atoms with Crippen molar-refractivity contribution in [1.82, 2.24) is 9.88 Å². The zero-order valence-electron chi connectivity index (χ0n) is 16.5. The number of hydrogen-bond donors (Lipinski definition) is 1. The van der Waals surface area contributed by atoms with Crippen LogP contribution in [0.4, 0.5) is 14.5 Å². The second-order valence-electron chi connectivity index (χ2n) is 7.85. The predicted molar refractivity (Wildman–Crippen MR) is 117 cm³/mol. The van der Waals surface area contributed by atoms with Crippen LogP contribution < -0.4 is 10.5 Å². The molecule has 10 heteroatoms. The summed E-state index contributed by atoms with van der Waals surface area (Å²) in [4.78, 5) is 32.0. The van der Waals surface area contributed by atoms with Crippen molar-refractivity contribution >= 4 is 49.6 Å². The minimum atomic E-state index is -1.08. The Balaban J connectivity index is 1.45. The zero-order chi connectivity index (χ0) is 21.9. The summed E-state index contributed by atoms with van der Waals surface area (Å²) in [5.74, 6) is -2.34. The fraction of sp³-hybridized carbons (Fsp3) is 0.333. The van der Waals surface area contributed by atoms with Crippen molar-refractivity contribution in [2.24, 2.45) is 5.92 Å². The van der Waals surface area contributed by atoms with E-state index < -0.39 is 23.2 Å². The standard InChI is InChI=1S/C21H18BrF2N3O3S/c1-26(21(29)10-4-27(5-10)18-9-31-8-13(18)22)17-7-30-6-16-19(17)11-2-14(23)15(24)3-12(11)20(28)25-16/h2-3,8-10,17H,4-7H2,1H3,(H,25,28)/t17-/m0/s1. The monoisotopic (exact) mass is 509 g/mol. The highest BCUT2D eigenvalue weighted by Crippen LogP contribution is 2.37. The predicted octanol–water partition coefficient (Wildman–Crippen LogP) is 3.80. The first-order chi connectivity index (χ1) is 14.8. The van der Waals surface area contributed by atoms with Gasteiger partial charge in [0, 0.05) is 42.2 Å². The second-order valence-corrected chi connectivity index (χ2v) is 9.44. The minimum Gasteiger partial charge on any atom is -0.373 e. The SMILES string of the molecule is CN(C(=O)C1CN(c2cscc2Br)C1)[C@H]1COCc2[nH]c(=O)c3cc(F)c(F)cc3c21. The maximum Gasteiger partial charge on any atom is 0.256 e. The van der Waals surface area contributed by atoms with Crippen LogP contribution in [-0.2, 0) is 16.1 Å². The number of halogens is 3. The van der Waals surface area contributed by atoms with E-state index in [-0.39, 0.29) is 30.4 Å². The number of benzene rings is 1. The van der Waals surface area contributed by atoms with Gasteiger partial charge in [0.1, 0.15) is 0 Å². The molecule has 1 aromatic carbocycles. The van der Waals surface area contributed by atoms with Gasteiger partial charge >= 0.3 is 0 Å². The summed E-state index contributed by atoms with van der Waals surface area (Å²) in [6.45, 7) is 1.56. The maximum absolute atomic E-state index is 14.0. The topological polar surface area (TPSA) is 65.6 Å². The number of ether oxygens (including phenoxy) is 1. The largest absolute Gasteiger partial charge is 0.373 e.